The minimum Gasteiger partial charge on any atom is -0.497 e. The number of ether oxygens (including phenoxy) is 1. The zero-order valence-electron chi connectivity index (χ0n) is 9.99. The number of aryl methyl sites for hydroxylation is 2. The summed E-state index contributed by atoms with van der Waals surface area (Å²) in [5, 5.41) is 0.562. The number of halogens is 2. The van der Waals surface area contributed by atoms with E-state index in [0.29, 0.717) is 5.15 Å². The van der Waals surface area contributed by atoms with Crippen molar-refractivity contribution in [3.63, 3.8) is 0 Å². The van der Waals surface area contributed by atoms with Crippen LogP contribution in [-0.2, 0) is 12.8 Å². The Kier molecular flexibility index (Phi) is 4.83. The highest BCUT2D eigenvalue weighted by Crippen LogP contribution is 2.16. The summed E-state index contributed by atoms with van der Waals surface area (Å²) in [6, 6.07) is 12.0. The van der Waals surface area contributed by atoms with E-state index in [4.69, 9.17) is 16.3 Å². The SMILES string of the molecule is COc1ccc(CCc2cc(I)cc(Cl)n2)cc1. The molecular weight excluding hydrogens is 361 g/mol. The lowest BCUT2D eigenvalue weighted by atomic mass is 10.1. The van der Waals surface area contributed by atoms with Crippen molar-refractivity contribution < 1.29 is 4.74 Å². The first kappa shape index (κ1) is 13.6. The third kappa shape index (κ3) is 3.85. The highest BCUT2D eigenvalue weighted by atomic mass is 127. The Morgan fingerprint density at radius 1 is 1.17 bits per heavy atom. The maximum absolute atomic E-state index is 5.94. The molecule has 1 heterocycles. The zero-order valence-corrected chi connectivity index (χ0v) is 12.9. The molecule has 0 amide bonds. The van der Waals surface area contributed by atoms with Gasteiger partial charge < -0.3 is 4.74 Å². The average Bonchev–Trinajstić information content (AvgIpc) is 2.36. The number of pyridine rings is 1. The predicted octanol–water partition coefficient (Wildman–Crippen LogP) is 4.13. The first-order valence-corrected chi connectivity index (χ1v) is 7.08. The molecule has 18 heavy (non-hydrogen) atoms. The van der Waals surface area contributed by atoms with Gasteiger partial charge in [0.2, 0.25) is 0 Å². The molecule has 0 saturated carbocycles. The second-order valence-corrected chi connectivity index (χ2v) is 5.58. The summed E-state index contributed by atoms with van der Waals surface area (Å²) in [7, 11) is 1.67. The molecule has 0 aliphatic heterocycles. The predicted molar refractivity (Wildman–Crippen MR) is 82.4 cm³/mol. The maximum atomic E-state index is 5.94. The number of hydrogen-bond acceptors (Lipinski definition) is 2. The third-order valence-corrected chi connectivity index (χ3v) is 3.46. The Labute approximate surface area is 125 Å². The van der Waals surface area contributed by atoms with Gasteiger partial charge in [-0.3, -0.25) is 0 Å². The van der Waals surface area contributed by atoms with E-state index >= 15 is 0 Å². The number of methoxy groups -OCH3 is 1. The van der Waals surface area contributed by atoms with Gasteiger partial charge >= 0.3 is 0 Å². The van der Waals surface area contributed by atoms with E-state index in [2.05, 4.69) is 45.8 Å². The molecule has 0 N–H and O–H groups in total. The van der Waals surface area contributed by atoms with E-state index in [1.54, 1.807) is 7.11 Å². The zero-order chi connectivity index (χ0) is 13.0. The Balaban J connectivity index is 2.01. The highest BCUT2D eigenvalue weighted by Gasteiger charge is 2.01. The summed E-state index contributed by atoms with van der Waals surface area (Å²) in [5.41, 5.74) is 2.30. The van der Waals surface area contributed by atoms with Crippen LogP contribution in [0.5, 0.6) is 5.75 Å². The van der Waals surface area contributed by atoms with Crippen LogP contribution in [0, 0.1) is 3.57 Å². The number of benzene rings is 1. The van der Waals surface area contributed by atoms with E-state index in [9.17, 15) is 0 Å². The second kappa shape index (κ2) is 6.38. The Morgan fingerprint density at radius 2 is 1.89 bits per heavy atom. The third-order valence-electron chi connectivity index (χ3n) is 2.64. The van der Waals surface area contributed by atoms with Crippen LogP contribution in [0.4, 0.5) is 0 Å². The molecule has 0 saturated heterocycles. The summed E-state index contributed by atoms with van der Waals surface area (Å²) < 4.78 is 6.26. The molecule has 2 rings (SSSR count). The molecule has 2 nitrogen and oxygen atoms in total. The molecular formula is C14H13ClINO. The Bertz CT molecular complexity index is 508. The molecule has 0 spiro atoms. The van der Waals surface area contributed by atoms with Crippen LogP contribution < -0.4 is 4.74 Å². The quantitative estimate of drug-likeness (QED) is 0.594. The molecule has 1 aromatic heterocycles. The van der Waals surface area contributed by atoms with Crippen LogP contribution in [0.15, 0.2) is 36.4 Å². The summed E-state index contributed by atoms with van der Waals surface area (Å²) >= 11 is 8.19. The van der Waals surface area contributed by atoms with E-state index < -0.39 is 0 Å². The Hall–Kier alpha value is -0.810. The minimum atomic E-state index is 0.562. The fourth-order valence-corrected chi connectivity index (χ4v) is 2.77. The van der Waals surface area contributed by atoms with Crippen LogP contribution in [0.1, 0.15) is 11.3 Å². The van der Waals surface area contributed by atoms with Crippen LogP contribution >= 0.6 is 34.2 Å². The van der Waals surface area contributed by atoms with Crippen molar-refractivity contribution in [3.05, 3.63) is 56.4 Å². The van der Waals surface area contributed by atoms with Gasteiger partial charge in [-0.05, 0) is 65.3 Å². The highest BCUT2D eigenvalue weighted by molar-refractivity contribution is 14.1. The van der Waals surface area contributed by atoms with Crippen molar-refractivity contribution >= 4 is 34.2 Å². The summed E-state index contributed by atoms with van der Waals surface area (Å²) in [6.45, 7) is 0. The number of aromatic nitrogens is 1. The lowest BCUT2D eigenvalue weighted by molar-refractivity contribution is 0.414. The Morgan fingerprint density at radius 3 is 2.50 bits per heavy atom. The molecule has 0 radical (unpaired) electrons. The monoisotopic (exact) mass is 373 g/mol. The first-order chi connectivity index (χ1) is 8.67. The minimum absolute atomic E-state index is 0.562. The van der Waals surface area contributed by atoms with Gasteiger partial charge in [-0.25, -0.2) is 4.98 Å². The maximum Gasteiger partial charge on any atom is 0.130 e. The van der Waals surface area contributed by atoms with Crippen molar-refractivity contribution in [2.24, 2.45) is 0 Å². The smallest absolute Gasteiger partial charge is 0.130 e. The number of rotatable bonds is 4. The molecule has 0 aliphatic rings. The van der Waals surface area contributed by atoms with Gasteiger partial charge in [0.05, 0.1) is 7.11 Å². The molecule has 0 aliphatic carbocycles. The van der Waals surface area contributed by atoms with Crippen LogP contribution in [0.2, 0.25) is 5.15 Å². The van der Waals surface area contributed by atoms with Crippen molar-refractivity contribution in [2.75, 3.05) is 7.11 Å². The van der Waals surface area contributed by atoms with Crippen LogP contribution in [0.25, 0.3) is 0 Å². The molecule has 1 aromatic carbocycles. The standard InChI is InChI=1S/C14H13ClINO/c1-18-13-6-3-10(4-7-13)2-5-12-8-11(16)9-14(15)17-12/h3-4,6-9H,2,5H2,1H3. The fourth-order valence-electron chi connectivity index (χ4n) is 1.71. The lowest BCUT2D eigenvalue weighted by Crippen LogP contribution is -1.96. The van der Waals surface area contributed by atoms with E-state index in [0.717, 1.165) is 27.9 Å². The van der Waals surface area contributed by atoms with Gasteiger partial charge in [-0.15, -0.1) is 0 Å². The molecule has 2 aromatic rings. The first-order valence-electron chi connectivity index (χ1n) is 5.62. The molecule has 0 atom stereocenters. The normalized spacial score (nSPS) is 10.4. The number of nitrogens with zero attached hydrogens (tertiary/aromatic N) is 1. The van der Waals surface area contributed by atoms with Gasteiger partial charge in [-0.1, -0.05) is 23.7 Å². The molecule has 0 unspecified atom stereocenters. The van der Waals surface area contributed by atoms with E-state index in [1.165, 1.54) is 5.56 Å². The molecule has 4 heteroatoms. The second-order valence-electron chi connectivity index (χ2n) is 3.95. The van der Waals surface area contributed by atoms with Gasteiger partial charge in [0.1, 0.15) is 10.9 Å². The molecule has 0 fully saturated rings. The van der Waals surface area contributed by atoms with Gasteiger partial charge in [0.15, 0.2) is 0 Å². The van der Waals surface area contributed by atoms with Crippen molar-refractivity contribution in [1.29, 1.82) is 0 Å². The lowest BCUT2D eigenvalue weighted by Gasteiger charge is -2.04. The summed E-state index contributed by atoms with van der Waals surface area (Å²) in [5.74, 6) is 0.883. The topological polar surface area (TPSA) is 22.1 Å². The van der Waals surface area contributed by atoms with E-state index in [-0.39, 0.29) is 0 Å². The van der Waals surface area contributed by atoms with Crippen LogP contribution in [0.3, 0.4) is 0 Å². The van der Waals surface area contributed by atoms with Gasteiger partial charge in [-0.2, -0.15) is 0 Å². The average molecular weight is 374 g/mol. The van der Waals surface area contributed by atoms with Crippen LogP contribution in [-0.4, -0.2) is 12.1 Å². The fraction of sp³-hybridized carbons (Fsp3) is 0.214. The van der Waals surface area contributed by atoms with Gasteiger partial charge in [0, 0.05) is 9.26 Å². The summed E-state index contributed by atoms with van der Waals surface area (Å²) in [6.07, 6.45) is 1.84. The largest absolute Gasteiger partial charge is 0.497 e. The van der Waals surface area contributed by atoms with Crippen molar-refractivity contribution in [3.8, 4) is 5.75 Å². The molecule has 94 valence electrons. The van der Waals surface area contributed by atoms with E-state index in [1.807, 2.05) is 18.2 Å². The molecule has 0 bridgehead atoms. The number of hydrogen-bond donors (Lipinski definition) is 0. The van der Waals surface area contributed by atoms with Gasteiger partial charge in [0.25, 0.3) is 0 Å². The van der Waals surface area contributed by atoms with Crippen molar-refractivity contribution in [2.45, 2.75) is 12.8 Å². The van der Waals surface area contributed by atoms with Crippen molar-refractivity contribution in [1.82, 2.24) is 4.98 Å². The summed E-state index contributed by atoms with van der Waals surface area (Å²) in [4.78, 5) is 4.32.